The van der Waals surface area contributed by atoms with Gasteiger partial charge in [0.2, 0.25) is 0 Å². The van der Waals surface area contributed by atoms with E-state index in [1.165, 1.54) is 11.1 Å². The number of carbonyl (C=O) groups is 1. The summed E-state index contributed by atoms with van der Waals surface area (Å²) in [5, 5.41) is 0. The van der Waals surface area contributed by atoms with Crippen LogP contribution >= 0.6 is 0 Å². The van der Waals surface area contributed by atoms with Gasteiger partial charge in [-0.2, -0.15) is 0 Å². The van der Waals surface area contributed by atoms with Crippen LogP contribution in [0, 0.1) is 5.41 Å². The molecule has 0 aliphatic heterocycles. The minimum Gasteiger partial charge on any atom is -0.294 e. The molecule has 0 unspecified atom stereocenters. The molecule has 0 atom stereocenters. The molecule has 2 aromatic rings. The lowest BCUT2D eigenvalue weighted by molar-refractivity contribution is -0.124. The number of allylic oxidation sites excluding steroid dienone is 4. The van der Waals surface area contributed by atoms with Crippen molar-refractivity contribution in [2.75, 3.05) is 0 Å². The Hall–Kier alpha value is -2.67. The van der Waals surface area contributed by atoms with E-state index in [4.69, 9.17) is 0 Å². The number of carbonyl (C=O) groups excluding carboxylic acids is 1. The molecule has 0 spiro atoms. The minimum atomic E-state index is -0.300. The summed E-state index contributed by atoms with van der Waals surface area (Å²) in [6.07, 6.45) is 15.8. The van der Waals surface area contributed by atoms with Crippen LogP contribution in [0.4, 0.5) is 0 Å². The van der Waals surface area contributed by atoms with Crippen LogP contribution in [-0.4, -0.2) is 5.78 Å². The molecule has 0 N–H and O–H groups in total. The maximum atomic E-state index is 12.6. The van der Waals surface area contributed by atoms with Gasteiger partial charge >= 0.3 is 0 Å². The number of benzene rings is 2. The second-order valence-electron chi connectivity index (χ2n) is 6.62. The fourth-order valence-corrected chi connectivity index (χ4v) is 3.31. The zero-order valence-electron chi connectivity index (χ0n) is 14.5. The first-order valence-electron chi connectivity index (χ1n) is 8.93. The Bertz CT molecular complexity index is 715. The van der Waals surface area contributed by atoms with E-state index in [0.717, 1.165) is 25.7 Å². The van der Waals surface area contributed by atoms with Crippen LogP contribution in [0.3, 0.4) is 0 Å². The highest BCUT2D eigenvalue weighted by atomic mass is 16.1. The SMILES string of the molecule is O=C1C=CCCC1(C/C=C/c1ccccc1)C/C=C/c1ccccc1. The zero-order valence-corrected chi connectivity index (χ0v) is 14.5. The molecule has 0 aromatic heterocycles. The van der Waals surface area contributed by atoms with E-state index >= 15 is 0 Å². The van der Waals surface area contributed by atoms with Gasteiger partial charge < -0.3 is 0 Å². The number of hydrogen-bond acceptors (Lipinski definition) is 1. The van der Waals surface area contributed by atoms with Crippen molar-refractivity contribution >= 4 is 17.9 Å². The van der Waals surface area contributed by atoms with Crippen LogP contribution in [0.5, 0.6) is 0 Å². The molecule has 0 saturated carbocycles. The summed E-state index contributed by atoms with van der Waals surface area (Å²) < 4.78 is 0. The van der Waals surface area contributed by atoms with Gasteiger partial charge in [0.25, 0.3) is 0 Å². The summed E-state index contributed by atoms with van der Waals surface area (Å²) in [5.74, 6) is 0.258. The van der Waals surface area contributed by atoms with Gasteiger partial charge in [-0.25, -0.2) is 0 Å². The zero-order chi connectivity index (χ0) is 17.4. The molecule has 0 fully saturated rings. The molecule has 1 aliphatic carbocycles. The van der Waals surface area contributed by atoms with Crippen LogP contribution < -0.4 is 0 Å². The van der Waals surface area contributed by atoms with Crippen molar-refractivity contribution in [3.05, 3.63) is 96.1 Å². The monoisotopic (exact) mass is 328 g/mol. The predicted molar refractivity (Wildman–Crippen MR) is 106 cm³/mol. The second kappa shape index (κ2) is 8.43. The van der Waals surface area contributed by atoms with E-state index in [-0.39, 0.29) is 11.2 Å². The molecule has 1 aliphatic rings. The Morgan fingerprint density at radius 3 is 1.80 bits per heavy atom. The molecule has 1 nitrogen and oxygen atoms in total. The second-order valence-corrected chi connectivity index (χ2v) is 6.62. The Labute approximate surface area is 150 Å². The highest BCUT2D eigenvalue weighted by Gasteiger charge is 2.35. The summed E-state index contributed by atoms with van der Waals surface area (Å²) in [5.41, 5.74) is 2.05. The van der Waals surface area contributed by atoms with E-state index in [0.29, 0.717) is 0 Å². The maximum absolute atomic E-state index is 12.6. The molecule has 126 valence electrons. The van der Waals surface area contributed by atoms with E-state index in [1.807, 2.05) is 42.5 Å². The predicted octanol–water partition coefficient (Wildman–Crippen LogP) is 6.10. The molecular weight excluding hydrogens is 304 g/mol. The molecule has 1 heteroatoms. The summed E-state index contributed by atoms with van der Waals surface area (Å²) in [7, 11) is 0. The molecule has 2 aromatic carbocycles. The summed E-state index contributed by atoms with van der Waals surface area (Å²) in [6.45, 7) is 0. The van der Waals surface area contributed by atoms with Crippen LogP contribution in [-0.2, 0) is 4.79 Å². The maximum Gasteiger partial charge on any atom is 0.162 e. The molecule has 0 radical (unpaired) electrons. The van der Waals surface area contributed by atoms with E-state index in [2.05, 4.69) is 48.6 Å². The molecule has 0 bridgehead atoms. The average Bonchev–Trinajstić information content (AvgIpc) is 2.66. The Morgan fingerprint density at radius 1 is 0.800 bits per heavy atom. The van der Waals surface area contributed by atoms with Crippen molar-refractivity contribution in [2.45, 2.75) is 25.7 Å². The first-order chi connectivity index (χ1) is 12.3. The Balaban J connectivity index is 1.72. The molecular formula is C24H24O. The Morgan fingerprint density at radius 2 is 1.32 bits per heavy atom. The molecule has 3 rings (SSSR count). The topological polar surface area (TPSA) is 17.1 Å². The van der Waals surface area contributed by atoms with Crippen molar-refractivity contribution in [1.29, 1.82) is 0 Å². The van der Waals surface area contributed by atoms with Gasteiger partial charge in [-0.15, -0.1) is 0 Å². The third-order valence-corrected chi connectivity index (χ3v) is 4.82. The smallest absolute Gasteiger partial charge is 0.162 e. The van der Waals surface area contributed by atoms with Gasteiger partial charge in [0.05, 0.1) is 0 Å². The number of hydrogen-bond donors (Lipinski definition) is 0. The first-order valence-corrected chi connectivity index (χ1v) is 8.93. The summed E-state index contributed by atoms with van der Waals surface area (Å²) in [4.78, 5) is 12.6. The highest BCUT2D eigenvalue weighted by Crippen LogP contribution is 2.38. The molecule has 0 saturated heterocycles. The van der Waals surface area contributed by atoms with Crippen molar-refractivity contribution in [1.82, 2.24) is 0 Å². The quantitative estimate of drug-likeness (QED) is 0.626. The average molecular weight is 328 g/mol. The van der Waals surface area contributed by atoms with E-state index < -0.39 is 0 Å². The minimum absolute atomic E-state index is 0.258. The third kappa shape index (κ3) is 4.67. The molecule has 0 heterocycles. The lowest BCUT2D eigenvalue weighted by Gasteiger charge is -2.31. The van der Waals surface area contributed by atoms with E-state index in [9.17, 15) is 4.79 Å². The third-order valence-electron chi connectivity index (χ3n) is 4.82. The van der Waals surface area contributed by atoms with Crippen molar-refractivity contribution in [3.63, 3.8) is 0 Å². The summed E-state index contributed by atoms with van der Waals surface area (Å²) >= 11 is 0. The number of ketones is 1. The van der Waals surface area contributed by atoms with Crippen LogP contribution in [0.25, 0.3) is 12.2 Å². The van der Waals surface area contributed by atoms with Gasteiger partial charge in [0, 0.05) is 5.41 Å². The van der Waals surface area contributed by atoms with Gasteiger partial charge in [-0.1, -0.05) is 91.0 Å². The highest BCUT2D eigenvalue weighted by molar-refractivity contribution is 5.96. The lowest BCUT2D eigenvalue weighted by atomic mass is 9.71. The molecule has 25 heavy (non-hydrogen) atoms. The van der Waals surface area contributed by atoms with Crippen molar-refractivity contribution in [2.24, 2.45) is 5.41 Å². The summed E-state index contributed by atoms with van der Waals surface area (Å²) in [6, 6.07) is 20.5. The van der Waals surface area contributed by atoms with Gasteiger partial charge in [-0.3, -0.25) is 4.79 Å². The first kappa shape index (κ1) is 17.2. The van der Waals surface area contributed by atoms with Gasteiger partial charge in [0.1, 0.15) is 0 Å². The van der Waals surface area contributed by atoms with Crippen molar-refractivity contribution < 1.29 is 4.79 Å². The number of rotatable bonds is 6. The lowest BCUT2D eigenvalue weighted by Crippen LogP contribution is -2.31. The van der Waals surface area contributed by atoms with E-state index in [1.54, 1.807) is 6.08 Å². The van der Waals surface area contributed by atoms with Gasteiger partial charge in [0.15, 0.2) is 5.78 Å². The van der Waals surface area contributed by atoms with Crippen molar-refractivity contribution in [3.8, 4) is 0 Å². The van der Waals surface area contributed by atoms with Crippen LogP contribution in [0.15, 0.2) is 85.0 Å². The van der Waals surface area contributed by atoms with Crippen LogP contribution in [0.2, 0.25) is 0 Å². The largest absolute Gasteiger partial charge is 0.294 e. The molecule has 0 amide bonds. The Kier molecular flexibility index (Phi) is 5.79. The normalized spacial score (nSPS) is 16.7. The fraction of sp³-hybridized carbons (Fsp3) is 0.208. The standard InChI is InChI=1S/C24H24O/c25-23-17-7-8-18-24(23,19-9-15-21-11-3-1-4-12-21)20-10-16-22-13-5-2-6-14-22/h1-7,9-17H,8,18-20H2/b15-9+,16-10+. The van der Waals surface area contributed by atoms with Crippen LogP contribution in [0.1, 0.15) is 36.8 Å². The fourth-order valence-electron chi connectivity index (χ4n) is 3.31. The van der Waals surface area contributed by atoms with Gasteiger partial charge in [-0.05, 0) is 42.9 Å².